The summed E-state index contributed by atoms with van der Waals surface area (Å²) in [5.74, 6) is 0. The average molecular weight is 266 g/mol. The number of benzene rings is 1. The Morgan fingerprint density at radius 2 is 2.22 bits per heavy atom. The van der Waals surface area contributed by atoms with Gasteiger partial charge in [0.1, 0.15) is 0 Å². The lowest BCUT2D eigenvalue weighted by atomic mass is 10.2. The van der Waals surface area contributed by atoms with Gasteiger partial charge in [0.25, 0.3) is 0 Å². The highest BCUT2D eigenvalue weighted by Gasteiger charge is 2.23. The van der Waals surface area contributed by atoms with Crippen molar-refractivity contribution in [2.24, 2.45) is 7.05 Å². The van der Waals surface area contributed by atoms with E-state index in [1.807, 2.05) is 23.6 Å². The normalized spacial score (nSPS) is 19.8. The predicted octanol–water partition coefficient (Wildman–Crippen LogP) is 1.84. The van der Waals surface area contributed by atoms with Crippen molar-refractivity contribution in [1.82, 2.24) is 14.5 Å². The van der Waals surface area contributed by atoms with Crippen LogP contribution in [0.2, 0.25) is 5.02 Å². The lowest BCUT2D eigenvalue weighted by Gasteiger charge is -2.11. The Bertz CT molecular complexity index is 665. The van der Waals surface area contributed by atoms with Crippen molar-refractivity contribution in [3.8, 4) is 0 Å². The molecule has 0 spiro atoms. The maximum Gasteiger partial charge on any atom is 0.329 e. The highest BCUT2D eigenvalue weighted by Crippen LogP contribution is 2.28. The molecule has 2 aromatic rings. The molecule has 1 N–H and O–H groups in total. The minimum atomic E-state index is 0.0196. The second-order valence-electron chi connectivity index (χ2n) is 4.97. The largest absolute Gasteiger partial charge is 0.329 e. The van der Waals surface area contributed by atoms with Gasteiger partial charge < -0.3 is 5.32 Å². The summed E-state index contributed by atoms with van der Waals surface area (Å²) in [4.78, 5) is 12.4. The standard InChI is InChI=1S/C13H16ClN3O/c1-8-5-10(14)12-11(6-8)16(2)13(18)17(12)9-3-4-15-7-9/h5-6,9,15H,3-4,7H2,1-2H3. The van der Waals surface area contributed by atoms with Crippen molar-refractivity contribution >= 4 is 22.6 Å². The predicted molar refractivity (Wildman–Crippen MR) is 73.4 cm³/mol. The molecule has 0 radical (unpaired) electrons. The molecule has 1 fully saturated rings. The van der Waals surface area contributed by atoms with E-state index in [4.69, 9.17) is 11.6 Å². The van der Waals surface area contributed by atoms with Gasteiger partial charge in [-0.25, -0.2) is 4.79 Å². The zero-order valence-electron chi connectivity index (χ0n) is 10.5. The second kappa shape index (κ2) is 4.14. The van der Waals surface area contributed by atoms with Crippen molar-refractivity contribution in [2.75, 3.05) is 13.1 Å². The fourth-order valence-corrected chi connectivity index (χ4v) is 3.13. The van der Waals surface area contributed by atoms with Crippen molar-refractivity contribution in [3.63, 3.8) is 0 Å². The number of hydrogen-bond donors (Lipinski definition) is 1. The van der Waals surface area contributed by atoms with Crippen LogP contribution in [-0.4, -0.2) is 22.2 Å². The molecular weight excluding hydrogens is 250 g/mol. The number of halogens is 1. The molecule has 0 bridgehead atoms. The van der Waals surface area contributed by atoms with E-state index in [1.165, 1.54) is 0 Å². The number of nitrogens with zero attached hydrogens (tertiary/aromatic N) is 2. The number of aryl methyl sites for hydroxylation is 2. The number of imidazole rings is 1. The number of aromatic nitrogens is 2. The molecule has 0 aliphatic carbocycles. The van der Waals surface area contributed by atoms with Crippen LogP contribution in [0.3, 0.4) is 0 Å². The molecule has 96 valence electrons. The van der Waals surface area contributed by atoms with Crippen molar-refractivity contribution in [2.45, 2.75) is 19.4 Å². The molecule has 0 amide bonds. The van der Waals surface area contributed by atoms with Gasteiger partial charge in [0, 0.05) is 13.6 Å². The molecule has 1 aromatic carbocycles. The molecule has 1 aliphatic heterocycles. The van der Waals surface area contributed by atoms with Crippen LogP contribution in [0.4, 0.5) is 0 Å². The number of hydrogen-bond acceptors (Lipinski definition) is 2. The van der Waals surface area contributed by atoms with E-state index in [9.17, 15) is 4.79 Å². The Hall–Kier alpha value is -1.26. The summed E-state index contributed by atoms with van der Waals surface area (Å²) < 4.78 is 3.53. The third kappa shape index (κ3) is 1.60. The maximum absolute atomic E-state index is 12.4. The molecule has 0 saturated carbocycles. The van der Waals surface area contributed by atoms with Crippen LogP contribution in [0.25, 0.3) is 11.0 Å². The van der Waals surface area contributed by atoms with Crippen molar-refractivity contribution < 1.29 is 0 Å². The zero-order valence-corrected chi connectivity index (χ0v) is 11.3. The van der Waals surface area contributed by atoms with Gasteiger partial charge in [-0.05, 0) is 37.6 Å². The summed E-state index contributed by atoms with van der Waals surface area (Å²) in [5.41, 5.74) is 2.87. The lowest BCUT2D eigenvalue weighted by Crippen LogP contribution is -2.27. The molecule has 1 saturated heterocycles. The van der Waals surface area contributed by atoms with Gasteiger partial charge in [-0.2, -0.15) is 0 Å². The fraction of sp³-hybridized carbons (Fsp3) is 0.462. The minimum Gasteiger partial charge on any atom is -0.315 e. The molecular formula is C13H16ClN3O. The highest BCUT2D eigenvalue weighted by atomic mass is 35.5. The van der Waals surface area contributed by atoms with Gasteiger partial charge in [-0.3, -0.25) is 9.13 Å². The first-order valence-corrected chi connectivity index (χ1v) is 6.55. The average Bonchev–Trinajstić information content (AvgIpc) is 2.90. The second-order valence-corrected chi connectivity index (χ2v) is 5.38. The summed E-state index contributed by atoms with van der Waals surface area (Å²) >= 11 is 6.34. The molecule has 1 unspecified atom stereocenters. The van der Waals surface area contributed by atoms with E-state index < -0.39 is 0 Å². The highest BCUT2D eigenvalue weighted by molar-refractivity contribution is 6.35. The van der Waals surface area contributed by atoms with Crippen LogP contribution in [-0.2, 0) is 7.05 Å². The first kappa shape index (κ1) is 11.8. The third-order valence-corrected chi connectivity index (χ3v) is 3.97. The Morgan fingerprint density at radius 3 is 2.89 bits per heavy atom. The Labute approximate surface area is 110 Å². The van der Waals surface area contributed by atoms with E-state index in [1.54, 1.807) is 11.6 Å². The molecule has 1 atom stereocenters. The summed E-state index contributed by atoms with van der Waals surface area (Å²) in [6.07, 6.45) is 0.975. The van der Waals surface area contributed by atoms with E-state index >= 15 is 0 Å². The van der Waals surface area contributed by atoms with Gasteiger partial charge in [-0.15, -0.1) is 0 Å². The molecule has 1 aromatic heterocycles. The van der Waals surface area contributed by atoms with E-state index in [-0.39, 0.29) is 11.7 Å². The Morgan fingerprint density at radius 1 is 1.44 bits per heavy atom. The van der Waals surface area contributed by atoms with Crippen molar-refractivity contribution in [3.05, 3.63) is 33.2 Å². The first-order valence-electron chi connectivity index (χ1n) is 6.17. The monoisotopic (exact) mass is 265 g/mol. The number of nitrogens with one attached hydrogen (secondary N) is 1. The summed E-state index contributed by atoms with van der Waals surface area (Å²) in [6.45, 7) is 3.78. The topological polar surface area (TPSA) is 39.0 Å². The quantitative estimate of drug-likeness (QED) is 0.855. The Balaban J connectivity index is 2.37. The van der Waals surface area contributed by atoms with Crippen LogP contribution in [0.15, 0.2) is 16.9 Å². The lowest BCUT2D eigenvalue weighted by molar-refractivity contribution is 0.535. The Kier molecular flexibility index (Phi) is 2.72. The molecule has 3 rings (SSSR count). The zero-order chi connectivity index (χ0) is 12.9. The van der Waals surface area contributed by atoms with E-state index in [2.05, 4.69) is 5.32 Å². The molecule has 5 heteroatoms. The van der Waals surface area contributed by atoms with Gasteiger partial charge in [-0.1, -0.05) is 11.6 Å². The van der Waals surface area contributed by atoms with Crippen LogP contribution < -0.4 is 11.0 Å². The van der Waals surface area contributed by atoms with Crippen molar-refractivity contribution in [1.29, 1.82) is 0 Å². The van der Waals surface area contributed by atoms with Crippen LogP contribution in [0.1, 0.15) is 18.0 Å². The smallest absolute Gasteiger partial charge is 0.315 e. The van der Waals surface area contributed by atoms with Gasteiger partial charge >= 0.3 is 5.69 Å². The summed E-state index contributed by atoms with van der Waals surface area (Å²) in [7, 11) is 1.80. The molecule has 1 aliphatic rings. The molecule has 2 heterocycles. The summed E-state index contributed by atoms with van der Waals surface area (Å²) in [5, 5.41) is 3.95. The van der Waals surface area contributed by atoms with Gasteiger partial charge in [0.15, 0.2) is 0 Å². The number of fused-ring (bicyclic) bond motifs is 1. The maximum atomic E-state index is 12.4. The fourth-order valence-electron chi connectivity index (χ4n) is 2.77. The molecule has 18 heavy (non-hydrogen) atoms. The summed E-state index contributed by atoms with van der Waals surface area (Å²) in [6, 6.07) is 4.14. The molecule has 4 nitrogen and oxygen atoms in total. The first-order chi connectivity index (χ1) is 8.59. The minimum absolute atomic E-state index is 0.0196. The SMILES string of the molecule is Cc1cc(Cl)c2c(c1)n(C)c(=O)n2C1CCNC1. The number of rotatable bonds is 1. The van der Waals surface area contributed by atoms with Gasteiger partial charge in [0.2, 0.25) is 0 Å². The van der Waals surface area contributed by atoms with Crippen LogP contribution in [0, 0.1) is 6.92 Å². The van der Waals surface area contributed by atoms with Crippen LogP contribution in [0.5, 0.6) is 0 Å². The third-order valence-electron chi connectivity index (χ3n) is 3.68. The van der Waals surface area contributed by atoms with E-state index in [0.717, 1.165) is 36.1 Å². The van der Waals surface area contributed by atoms with Gasteiger partial charge in [0.05, 0.1) is 22.1 Å². The van der Waals surface area contributed by atoms with E-state index in [0.29, 0.717) is 5.02 Å². The van der Waals surface area contributed by atoms with Crippen LogP contribution >= 0.6 is 11.6 Å².